The first-order valence-electron chi connectivity index (χ1n) is 12.4. The molecule has 1 aliphatic heterocycles. The zero-order chi connectivity index (χ0) is 29.0. The van der Waals surface area contributed by atoms with Gasteiger partial charge in [-0.3, -0.25) is 4.79 Å². The molecule has 4 rings (SSSR count). The molecule has 0 aliphatic carbocycles. The Morgan fingerprint density at radius 2 is 1.88 bits per heavy atom. The number of amides is 2. The van der Waals surface area contributed by atoms with E-state index in [4.69, 9.17) is 14.2 Å². The van der Waals surface area contributed by atoms with Crippen LogP contribution in [-0.2, 0) is 25.7 Å². The van der Waals surface area contributed by atoms with Crippen LogP contribution in [0.4, 0.5) is 4.79 Å². The number of β-lactam (4-membered cyclic amide) rings is 1. The number of rotatable bonds is 10. The van der Waals surface area contributed by atoms with E-state index < -0.39 is 41.0 Å². The van der Waals surface area contributed by atoms with Crippen LogP contribution in [0.5, 0.6) is 5.75 Å². The molecule has 3 aromatic rings. The Bertz CT molecular complexity index is 1370. The number of methoxy groups -OCH3 is 1. The number of para-hydroxylation sites is 1. The van der Waals surface area contributed by atoms with Crippen molar-refractivity contribution >= 4 is 61.1 Å². The maximum Gasteiger partial charge on any atom is 0.408 e. The molecule has 0 bridgehead atoms. The Morgan fingerprint density at radius 3 is 2.50 bits per heavy atom. The van der Waals surface area contributed by atoms with E-state index in [9.17, 15) is 14.4 Å². The summed E-state index contributed by atoms with van der Waals surface area (Å²) >= 11 is 1.53. The topological polar surface area (TPSA) is 107 Å². The molecule has 3 unspecified atom stereocenters. The monoisotopic (exact) mass is 601 g/mol. The van der Waals surface area contributed by atoms with Gasteiger partial charge in [0.25, 0.3) is 0 Å². The number of esters is 1. The minimum atomic E-state index is -1.03. The highest BCUT2D eigenvalue weighted by atomic mass is 33.1. The van der Waals surface area contributed by atoms with Crippen molar-refractivity contribution in [2.45, 2.75) is 61.7 Å². The van der Waals surface area contributed by atoms with Gasteiger partial charge < -0.3 is 24.4 Å². The molecule has 9 nitrogen and oxygen atoms in total. The molecule has 2 aromatic carbocycles. The Kier molecular flexibility index (Phi) is 9.32. The van der Waals surface area contributed by atoms with Gasteiger partial charge in [0.1, 0.15) is 29.4 Å². The molecule has 1 aliphatic rings. The molecule has 40 heavy (non-hydrogen) atoms. The number of aromatic nitrogens is 1. The summed E-state index contributed by atoms with van der Waals surface area (Å²) in [4.78, 5) is 45.2. The van der Waals surface area contributed by atoms with Crippen molar-refractivity contribution in [1.29, 1.82) is 0 Å². The first kappa shape index (κ1) is 29.8. The Hall–Kier alpha value is -3.22. The van der Waals surface area contributed by atoms with Crippen molar-refractivity contribution in [3.8, 4) is 5.75 Å². The second-order valence-corrected chi connectivity index (χ2v) is 13.7. The molecule has 1 fully saturated rings. The SMILES string of the molecule is C=C(C)C(C(=O)OCc1ccc(OC)cc1)N1C(=O)C(NC(=O)OC(C)(C)C)C1SSc1nc2ccccc2s1. The van der Waals surface area contributed by atoms with Gasteiger partial charge in [-0.15, -0.1) is 11.3 Å². The van der Waals surface area contributed by atoms with E-state index in [2.05, 4.69) is 16.9 Å². The standard InChI is InChI=1S/C28H31N3O6S3/c1-16(2)22(25(33)36-15-17-11-13-18(35-6)14-12-17)31-23(32)21(30-26(34)37-28(3,4)5)24(31)39-40-27-29-19-9-7-8-10-20(19)38-27/h7-14,21-22,24H,1,15H2,2-6H3,(H,30,34). The number of hydrogen-bond acceptors (Lipinski definition) is 10. The summed E-state index contributed by atoms with van der Waals surface area (Å²) in [6.07, 6.45) is -0.713. The van der Waals surface area contributed by atoms with Crippen LogP contribution >= 0.6 is 32.9 Å². The highest BCUT2D eigenvalue weighted by Gasteiger charge is 2.54. The molecular weight excluding hydrogens is 571 g/mol. The minimum Gasteiger partial charge on any atom is -0.497 e. The van der Waals surface area contributed by atoms with Crippen LogP contribution in [0.2, 0.25) is 0 Å². The minimum absolute atomic E-state index is 0.0203. The second kappa shape index (κ2) is 12.5. The van der Waals surface area contributed by atoms with E-state index in [1.54, 1.807) is 59.1 Å². The lowest BCUT2D eigenvalue weighted by atomic mass is 9.99. The summed E-state index contributed by atoms with van der Waals surface area (Å²) in [5, 5.41) is 2.07. The third-order valence-corrected chi connectivity index (χ3v) is 9.78. The fourth-order valence-corrected chi connectivity index (χ4v) is 7.87. The number of likely N-dealkylation sites (tertiary alicyclic amines) is 1. The van der Waals surface area contributed by atoms with Crippen molar-refractivity contribution in [3.63, 3.8) is 0 Å². The lowest BCUT2D eigenvalue weighted by Crippen LogP contribution is -2.73. The molecule has 12 heteroatoms. The van der Waals surface area contributed by atoms with Crippen molar-refractivity contribution in [2.24, 2.45) is 0 Å². The van der Waals surface area contributed by atoms with Gasteiger partial charge in [-0.2, -0.15) is 0 Å². The van der Waals surface area contributed by atoms with Crippen molar-refractivity contribution in [1.82, 2.24) is 15.2 Å². The molecule has 0 spiro atoms. The number of ether oxygens (including phenoxy) is 3. The van der Waals surface area contributed by atoms with Crippen molar-refractivity contribution in [2.75, 3.05) is 7.11 Å². The van der Waals surface area contributed by atoms with Crippen LogP contribution < -0.4 is 10.1 Å². The molecule has 1 saturated heterocycles. The molecule has 2 heterocycles. The number of nitrogens with one attached hydrogen (secondary N) is 1. The average molecular weight is 602 g/mol. The Labute approximate surface area is 245 Å². The first-order chi connectivity index (χ1) is 19.0. The summed E-state index contributed by atoms with van der Waals surface area (Å²) in [7, 11) is 4.28. The lowest BCUT2D eigenvalue weighted by molar-refractivity contribution is -0.162. The highest BCUT2D eigenvalue weighted by Crippen LogP contribution is 2.45. The van der Waals surface area contributed by atoms with Gasteiger partial charge in [0.2, 0.25) is 5.91 Å². The second-order valence-electron chi connectivity index (χ2n) is 10.1. The molecule has 0 radical (unpaired) electrons. The van der Waals surface area contributed by atoms with Crippen molar-refractivity contribution in [3.05, 3.63) is 66.2 Å². The summed E-state index contributed by atoms with van der Waals surface area (Å²) in [6, 6.07) is 13.0. The molecule has 1 aromatic heterocycles. The van der Waals surface area contributed by atoms with Gasteiger partial charge in [0.05, 0.1) is 17.3 Å². The van der Waals surface area contributed by atoms with E-state index in [-0.39, 0.29) is 6.61 Å². The largest absolute Gasteiger partial charge is 0.497 e. The Morgan fingerprint density at radius 1 is 1.18 bits per heavy atom. The maximum atomic E-state index is 13.4. The van der Waals surface area contributed by atoms with Gasteiger partial charge in [0.15, 0.2) is 10.4 Å². The van der Waals surface area contributed by atoms with Gasteiger partial charge in [-0.05, 0) is 73.9 Å². The first-order valence-corrected chi connectivity index (χ1v) is 15.5. The van der Waals surface area contributed by atoms with Crippen LogP contribution in [0.25, 0.3) is 10.2 Å². The van der Waals surface area contributed by atoms with E-state index in [0.717, 1.165) is 20.1 Å². The normalized spacial score (nSPS) is 17.6. The molecule has 1 N–H and O–H groups in total. The van der Waals surface area contributed by atoms with Crippen LogP contribution in [-0.4, -0.2) is 58.0 Å². The van der Waals surface area contributed by atoms with Crippen LogP contribution in [0, 0.1) is 0 Å². The van der Waals surface area contributed by atoms with E-state index in [1.165, 1.54) is 37.8 Å². The number of fused-ring (bicyclic) bond motifs is 1. The van der Waals surface area contributed by atoms with E-state index in [0.29, 0.717) is 11.3 Å². The van der Waals surface area contributed by atoms with Gasteiger partial charge in [-0.25, -0.2) is 14.6 Å². The van der Waals surface area contributed by atoms with Crippen LogP contribution in [0.1, 0.15) is 33.3 Å². The maximum absolute atomic E-state index is 13.4. The third kappa shape index (κ3) is 7.10. The zero-order valence-electron chi connectivity index (χ0n) is 22.8. The number of nitrogens with zero attached hydrogens (tertiary/aromatic N) is 2. The van der Waals surface area contributed by atoms with Crippen LogP contribution in [0.15, 0.2) is 65.0 Å². The molecule has 212 valence electrons. The summed E-state index contributed by atoms with van der Waals surface area (Å²) in [6.45, 7) is 10.9. The fourth-order valence-electron chi connectivity index (χ4n) is 3.91. The number of thiazole rings is 1. The molecular formula is C28H31N3O6S3. The fraction of sp³-hybridized carbons (Fsp3) is 0.357. The van der Waals surface area contributed by atoms with Gasteiger partial charge in [0, 0.05) is 0 Å². The number of alkyl carbamates (subject to hydrolysis) is 1. The van der Waals surface area contributed by atoms with Gasteiger partial charge in [-0.1, -0.05) is 41.6 Å². The highest BCUT2D eigenvalue weighted by molar-refractivity contribution is 8.77. The van der Waals surface area contributed by atoms with Crippen molar-refractivity contribution < 1.29 is 28.6 Å². The zero-order valence-corrected chi connectivity index (χ0v) is 25.3. The lowest BCUT2D eigenvalue weighted by Gasteiger charge is -2.49. The molecule has 3 atom stereocenters. The number of benzene rings is 2. The molecule has 0 saturated carbocycles. The smallest absolute Gasteiger partial charge is 0.408 e. The predicted octanol–water partition coefficient (Wildman–Crippen LogP) is 5.79. The number of carbonyl (C=O) groups excluding carboxylic acids is 3. The molecule has 2 amide bonds. The van der Waals surface area contributed by atoms with Crippen LogP contribution in [0.3, 0.4) is 0 Å². The Balaban J connectivity index is 1.51. The van der Waals surface area contributed by atoms with E-state index >= 15 is 0 Å². The van der Waals surface area contributed by atoms with E-state index in [1.807, 2.05) is 24.3 Å². The average Bonchev–Trinajstić information content (AvgIpc) is 3.32. The summed E-state index contributed by atoms with van der Waals surface area (Å²) < 4.78 is 18.0. The third-order valence-electron chi connectivity index (χ3n) is 5.75. The number of hydrogen-bond donors (Lipinski definition) is 1. The van der Waals surface area contributed by atoms with Gasteiger partial charge >= 0.3 is 12.1 Å². The quantitative estimate of drug-likeness (QED) is 0.134. The predicted molar refractivity (Wildman–Crippen MR) is 158 cm³/mol. The summed E-state index contributed by atoms with van der Waals surface area (Å²) in [5.74, 6) is -0.347. The number of carbonyl (C=O) groups is 3. The summed E-state index contributed by atoms with van der Waals surface area (Å²) in [5.41, 5.74) is 1.36.